The third-order valence-corrected chi connectivity index (χ3v) is 3.89. The molecule has 0 bridgehead atoms. The predicted octanol–water partition coefficient (Wildman–Crippen LogP) is 4.05. The van der Waals surface area contributed by atoms with E-state index in [4.69, 9.17) is 12.2 Å². The van der Waals surface area contributed by atoms with E-state index in [2.05, 4.69) is 41.5 Å². The molecule has 0 amide bonds. The number of aromatic amines is 1. The zero-order valence-corrected chi connectivity index (χ0v) is 11.3. The molecule has 0 aliphatic heterocycles. The van der Waals surface area contributed by atoms with E-state index in [9.17, 15) is 0 Å². The number of aryl methyl sites for hydroxylation is 2. The van der Waals surface area contributed by atoms with E-state index < -0.39 is 0 Å². The molecular weight excluding hydrogens is 236 g/mol. The van der Waals surface area contributed by atoms with Gasteiger partial charge in [0.25, 0.3) is 0 Å². The molecule has 84 valence electrons. The summed E-state index contributed by atoms with van der Waals surface area (Å²) in [7, 11) is 0. The van der Waals surface area contributed by atoms with Gasteiger partial charge in [0.15, 0.2) is 0 Å². The van der Waals surface area contributed by atoms with Crippen molar-refractivity contribution >= 4 is 23.6 Å². The SMILES string of the molecule is CCc1c(C)[nH]c(-c2cscc2C)nc1=S. The number of aromatic nitrogens is 2. The van der Waals surface area contributed by atoms with Crippen molar-refractivity contribution in [1.29, 1.82) is 0 Å². The summed E-state index contributed by atoms with van der Waals surface area (Å²) in [5, 5.41) is 4.23. The lowest BCUT2D eigenvalue weighted by atomic mass is 10.1. The van der Waals surface area contributed by atoms with Crippen molar-refractivity contribution < 1.29 is 0 Å². The highest BCUT2D eigenvalue weighted by molar-refractivity contribution is 7.71. The average molecular weight is 250 g/mol. The average Bonchev–Trinajstić information content (AvgIpc) is 2.64. The number of H-pyrrole nitrogens is 1. The van der Waals surface area contributed by atoms with E-state index in [1.54, 1.807) is 11.3 Å². The van der Waals surface area contributed by atoms with Crippen molar-refractivity contribution in [3.05, 3.63) is 32.2 Å². The van der Waals surface area contributed by atoms with Gasteiger partial charge in [-0.25, -0.2) is 4.98 Å². The maximum absolute atomic E-state index is 5.32. The number of hydrogen-bond acceptors (Lipinski definition) is 3. The minimum atomic E-state index is 0.722. The van der Waals surface area contributed by atoms with Crippen LogP contribution in [0.15, 0.2) is 10.8 Å². The van der Waals surface area contributed by atoms with Crippen molar-refractivity contribution in [2.45, 2.75) is 27.2 Å². The van der Waals surface area contributed by atoms with Crippen LogP contribution in [0.5, 0.6) is 0 Å². The Hall–Kier alpha value is -1.00. The van der Waals surface area contributed by atoms with E-state index in [1.165, 1.54) is 5.56 Å². The van der Waals surface area contributed by atoms with Crippen LogP contribution in [-0.4, -0.2) is 9.97 Å². The zero-order valence-electron chi connectivity index (χ0n) is 9.63. The summed E-state index contributed by atoms with van der Waals surface area (Å²) >= 11 is 7.00. The fourth-order valence-electron chi connectivity index (χ4n) is 1.76. The lowest BCUT2D eigenvalue weighted by Gasteiger charge is -2.07. The summed E-state index contributed by atoms with van der Waals surface area (Å²) < 4.78 is 0.722. The molecule has 0 atom stereocenters. The number of hydrogen-bond donors (Lipinski definition) is 1. The van der Waals surface area contributed by atoms with Gasteiger partial charge in [-0.2, -0.15) is 11.3 Å². The second kappa shape index (κ2) is 4.47. The van der Waals surface area contributed by atoms with Crippen molar-refractivity contribution in [1.82, 2.24) is 9.97 Å². The molecule has 0 unspecified atom stereocenters. The van der Waals surface area contributed by atoms with Gasteiger partial charge in [0, 0.05) is 22.2 Å². The quantitative estimate of drug-likeness (QED) is 0.815. The summed E-state index contributed by atoms with van der Waals surface area (Å²) in [5.41, 5.74) is 4.67. The summed E-state index contributed by atoms with van der Waals surface area (Å²) in [5.74, 6) is 0.887. The molecule has 0 saturated heterocycles. The normalized spacial score (nSPS) is 10.7. The summed E-state index contributed by atoms with van der Waals surface area (Å²) in [4.78, 5) is 7.81. The first kappa shape index (κ1) is 11.5. The molecule has 16 heavy (non-hydrogen) atoms. The molecule has 2 aromatic heterocycles. The summed E-state index contributed by atoms with van der Waals surface area (Å²) in [6, 6.07) is 0. The van der Waals surface area contributed by atoms with Crippen molar-refractivity contribution in [2.75, 3.05) is 0 Å². The lowest BCUT2D eigenvalue weighted by molar-refractivity contribution is 0.989. The molecule has 2 rings (SSSR count). The molecule has 0 radical (unpaired) electrons. The standard InChI is InChI=1S/C12H14N2S2/c1-4-9-8(3)13-11(14-12(9)15)10-6-16-5-7(10)2/h5-6H,4H2,1-3H3,(H,13,14,15). The Bertz CT molecular complexity index is 567. The first-order valence-corrected chi connectivity index (χ1v) is 6.61. The monoisotopic (exact) mass is 250 g/mol. The van der Waals surface area contributed by atoms with Crippen LogP contribution in [0.25, 0.3) is 11.4 Å². The van der Waals surface area contributed by atoms with Gasteiger partial charge in [0.05, 0.1) is 0 Å². The number of thiophene rings is 1. The molecule has 1 N–H and O–H groups in total. The van der Waals surface area contributed by atoms with Crippen LogP contribution in [0.4, 0.5) is 0 Å². The maximum Gasteiger partial charge on any atom is 0.140 e. The van der Waals surface area contributed by atoms with Crippen LogP contribution in [0.2, 0.25) is 0 Å². The van der Waals surface area contributed by atoms with Crippen LogP contribution in [-0.2, 0) is 6.42 Å². The Morgan fingerprint density at radius 2 is 2.12 bits per heavy atom. The van der Waals surface area contributed by atoms with Gasteiger partial charge >= 0.3 is 0 Å². The smallest absolute Gasteiger partial charge is 0.140 e. The van der Waals surface area contributed by atoms with Crippen LogP contribution < -0.4 is 0 Å². The molecule has 0 aliphatic carbocycles. The van der Waals surface area contributed by atoms with Gasteiger partial charge < -0.3 is 4.98 Å². The zero-order chi connectivity index (χ0) is 11.7. The van der Waals surface area contributed by atoms with Gasteiger partial charge in [0.1, 0.15) is 10.5 Å². The first-order chi connectivity index (χ1) is 7.63. The first-order valence-electron chi connectivity index (χ1n) is 5.26. The Labute approximate surface area is 104 Å². The molecule has 2 aromatic rings. The van der Waals surface area contributed by atoms with Gasteiger partial charge in [-0.15, -0.1) is 0 Å². The second-order valence-electron chi connectivity index (χ2n) is 3.82. The molecule has 2 heterocycles. The molecule has 4 heteroatoms. The van der Waals surface area contributed by atoms with E-state index >= 15 is 0 Å². The molecule has 0 aromatic carbocycles. The van der Waals surface area contributed by atoms with Crippen LogP contribution in [0.3, 0.4) is 0 Å². The lowest BCUT2D eigenvalue weighted by Crippen LogP contribution is -1.99. The number of nitrogens with one attached hydrogen (secondary N) is 1. The molecular formula is C12H14N2S2. The van der Waals surface area contributed by atoms with E-state index in [0.717, 1.165) is 33.7 Å². The van der Waals surface area contributed by atoms with Gasteiger partial charge in [-0.3, -0.25) is 0 Å². The van der Waals surface area contributed by atoms with Crippen molar-refractivity contribution in [2.24, 2.45) is 0 Å². The molecule has 2 nitrogen and oxygen atoms in total. The molecule has 0 fully saturated rings. The van der Waals surface area contributed by atoms with Gasteiger partial charge in [0.2, 0.25) is 0 Å². The highest BCUT2D eigenvalue weighted by Gasteiger charge is 2.08. The Balaban J connectivity index is 2.61. The summed E-state index contributed by atoms with van der Waals surface area (Å²) in [6.45, 7) is 6.25. The van der Waals surface area contributed by atoms with Crippen LogP contribution in [0, 0.1) is 18.5 Å². The van der Waals surface area contributed by atoms with E-state index in [0.29, 0.717) is 0 Å². The topological polar surface area (TPSA) is 28.7 Å². The molecule has 0 spiro atoms. The van der Waals surface area contributed by atoms with Crippen LogP contribution in [0.1, 0.15) is 23.7 Å². The van der Waals surface area contributed by atoms with E-state index in [-0.39, 0.29) is 0 Å². The van der Waals surface area contributed by atoms with Gasteiger partial charge in [-0.05, 0) is 31.2 Å². The van der Waals surface area contributed by atoms with Crippen molar-refractivity contribution in [3.63, 3.8) is 0 Å². The summed E-state index contributed by atoms with van der Waals surface area (Å²) in [6.07, 6.45) is 0.928. The van der Waals surface area contributed by atoms with Gasteiger partial charge in [-0.1, -0.05) is 19.1 Å². The predicted molar refractivity (Wildman–Crippen MR) is 71.6 cm³/mol. The minimum absolute atomic E-state index is 0.722. The Kier molecular flexibility index (Phi) is 3.21. The molecule has 0 saturated carbocycles. The van der Waals surface area contributed by atoms with Crippen molar-refractivity contribution in [3.8, 4) is 11.4 Å². The fraction of sp³-hybridized carbons (Fsp3) is 0.333. The Morgan fingerprint density at radius 1 is 1.38 bits per heavy atom. The number of nitrogens with zero attached hydrogens (tertiary/aromatic N) is 1. The largest absolute Gasteiger partial charge is 0.343 e. The third-order valence-electron chi connectivity index (χ3n) is 2.69. The highest BCUT2D eigenvalue weighted by atomic mass is 32.1. The second-order valence-corrected chi connectivity index (χ2v) is 4.95. The fourth-order valence-corrected chi connectivity index (χ4v) is 2.98. The highest BCUT2D eigenvalue weighted by Crippen LogP contribution is 2.24. The number of rotatable bonds is 2. The third kappa shape index (κ3) is 1.95. The molecule has 0 aliphatic rings. The Morgan fingerprint density at radius 3 is 2.62 bits per heavy atom. The maximum atomic E-state index is 5.32. The minimum Gasteiger partial charge on any atom is -0.343 e. The van der Waals surface area contributed by atoms with E-state index in [1.807, 2.05) is 0 Å². The van der Waals surface area contributed by atoms with Crippen LogP contribution >= 0.6 is 23.6 Å².